The molecule has 0 aliphatic rings. The lowest BCUT2D eigenvalue weighted by molar-refractivity contribution is 0.0994. The summed E-state index contributed by atoms with van der Waals surface area (Å²) < 4.78 is 15.7. The number of fused-ring (bicyclic) bond motifs is 1. The van der Waals surface area contributed by atoms with E-state index in [1.807, 2.05) is 20.8 Å². The molecule has 0 aliphatic carbocycles. The average molecular weight is 404 g/mol. The van der Waals surface area contributed by atoms with Gasteiger partial charge in [0, 0.05) is 38.0 Å². The molecule has 2 aromatic heterocycles. The zero-order valence-corrected chi connectivity index (χ0v) is 17.2. The predicted octanol–water partition coefficient (Wildman–Crippen LogP) is 3.25. The Morgan fingerprint density at radius 2 is 1.90 bits per heavy atom. The fraction of sp³-hybridized carbons (Fsp3) is 0.333. The van der Waals surface area contributed by atoms with Crippen molar-refractivity contribution >= 4 is 28.2 Å². The Bertz CT molecular complexity index is 939. The van der Waals surface area contributed by atoms with Crippen LogP contribution in [0.4, 0.5) is 15.8 Å². The second-order valence-corrected chi connectivity index (χ2v) is 5.95. The summed E-state index contributed by atoms with van der Waals surface area (Å²) in [6.45, 7) is 6.00. The maximum absolute atomic E-state index is 14.1. The lowest BCUT2D eigenvalue weighted by atomic mass is 10.2. The first-order chi connectivity index (χ1) is 13.9. The first-order valence-corrected chi connectivity index (χ1v) is 9.37. The van der Waals surface area contributed by atoms with E-state index in [-0.39, 0.29) is 24.6 Å². The van der Waals surface area contributed by atoms with Gasteiger partial charge >= 0.3 is 0 Å². The third kappa shape index (κ3) is 6.00. The molecule has 5 N–H and O–H groups in total. The second kappa shape index (κ2) is 11.8. The number of primary amides is 1. The number of carbonyl (C=O) groups is 1. The molecule has 29 heavy (non-hydrogen) atoms. The van der Waals surface area contributed by atoms with Crippen molar-refractivity contribution in [1.29, 1.82) is 0 Å². The van der Waals surface area contributed by atoms with E-state index in [2.05, 4.69) is 10.3 Å². The number of benzene rings is 1. The summed E-state index contributed by atoms with van der Waals surface area (Å²) in [5.41, 5.74) is 8.11. The number of halogens is 1. The predicted molar refractivity (Wildman–Crippen MR) is 114 cm³/mol. The summed E-state index contributed by atoms with van der Waals surface area (Å²) in [6, 6.07) is 6.62. The van der Waals surface area contributed by atoms with Gasteiger partial charge in [0.05, 0.1) is 16.9 Å². The Balaban J connectivity index is 0.000000527. The molecule has 1 amide bonds. The molecular formula is C21H29FN4O3. The summed E-state index contributed by atoms with van der Waals surface area (Å²) in [5, 5.41) is 19.5. The van der Waals surface area contributed by atoms with Crippen molar-refractivity contribution in [2.24, 2.45) is 12.8 Å². The quantitative estimate of drug-likeness (QED) is 0.521. The van der Waals surface area contributed by atoms with Gasteiger partial charge in [-0.05, 0) is 37.1 Å². The third-order valence-corrected chi connectivity index (χ3v) is 3.93. The van der Waals surface area contributed by atoms with Gasteiger partial charge in [0.25, 0.3) is 5.91 Å². The summed E-state index contributed by atoms with van der Waals surface area (Å²) in [4.78, 5) is 15.9. The van der Waals surface area contributed by atoms with Gasteiger partial charge in [0.1, 0.15) is 11.5 Å². The van der Waals surface area contributed by atoms with Gasteiger partial charge in [-0.25, -0.2) is 4.39 Å². The van der Waals surface area contributed by atoms with Crippen molar-refractivity contribution in [2.75, 3.05) is 18.5 Å². The highest BCUT2D eigenvalue weighted by molar-refractivity contribution is 6.09. The summed E-state index contributed by atoms with van der Waals surface area (Å²) in [5.74, 6) is -0.981. The fourth-order valence-corrected chi connectivity index (χ4v) is 2.63. The Morgan fingerprint density at radius 1 is 1.24 bits per heavy atom. The van der Waals surface area contributed by atoms with Crippen LogP contribution in [0.15, 0.2) is 36.7 Å². The molecular weight excluding hydrogens is 375 g/mol. The number of amides is 1. The van der Waals surface area contributed by atoms with Crippen molar-refractivity contribution in [2.45, 2.75) is 27.2 Å². The molecule has 0 radical (unpaired) electrons. The van der Waals surface area contributed by atoms with Crippen LogP contribution >= 0.6 is 0 Å². The number of aliphatic hydroxyl groups excluding tert-OH is 2. The first-order valence-electron chi connectivity index (χ1n) is 9.37. The zero-order valence-electron chi connectivity index (χ0n) is 17.2. The van der Waals surface area contributed by atoms with Crippen molar-refractivity contribution in [3.05, 3.63) is 53.7 Å². The molecule has 0 fully saturated rings. The van der Waals surface area contributed by atoms with E-state index in [1.54, 1.807) is 42.2 Å². The summed E-state index contributed by atoms with van der Waals surface area (Å²) >= 11 is 0. The standard InChI is InChI=1S/C16H15FN4O.C3H8O2.C2H6/c1-9-3-4-12(11(17)7-9)20-14-10-8-19-6-5-13(10)21(2)15(14)16(18)22;4-2-1-3-5;1-2/h3-8,20H,1-2H3,(H2,18,22);4-5H,1-3H2;1-2H3. The molecule has 2 heterocycles. The van der Waals surface area contributed by atoms with E-state index >= 15 is 0 Å². The Labute approximate surface area is 170 Å². The molecule has 0 unspecified atom stereocenters. The van der Waals surface area contributed by atoms with Crippen molar-refractivity contribution in [3.8, 4) is 0 Å². The van der Waals surface area contributed by atoms with Gasteiger partial charge < -0.3 is 25.8 Å². The van der Waals surface area contributed by atoms with Crippen LogP contribution in [0.5, 0.6) is 0 Å². The molecule has 0 bridgehead atoms. The topological polar surface area (TPSA) is 113 Å². The minimum Gasteiger partial charge on any atom is -0.396 e. The monoisotopic (exact) mass is 404 g/mol. The van der Waals surface area contributed by atoms with E-state index in [0.717, 1.165) is 11.1 Å². The number of aryl methyl sites for hydroxylation is 2. The maximum atomic E-state index is 14.1. The Kier molecular flexibility index (Phi) is 9.78. The summed E-state index contributed by atoms with van der Waals surface area (Å²) in [6.07, 6.45) is 3.75. The van der Waals surface area contributed by atoms with Crippen LogP contribution < -0.4 is 11.1 Å². The number of rotatable bonds is 5. The number of nitrogens with zero attached hydrogens (tertiary/aromatic N) is 2. The SMILES string of the molecule is CC.Cc1ccc(Nc2c(C(N)=O)n(C)c3ccncc23)c(F)c1.OCCCO. The van der Waals surface area contributed by atoms with E-state index in [0.29, 0.717) is 17.5 Å². The van der Waals surface area contributed by atoms with Crippen LogP contribution in [0.1, 0.15) is 36.3 Å². The number of aromatic nitrogens is 2. The van der Waals surface area contributed by atoms with Crippen LogP contribution in [-0.4, -0.2) is 38.9 Å². The highest BCUT2D eigenvalue weighted by Gasteiger charge is 2.20. The Hall–Kier alpha value is -2.97. The van der Waals surface area contributed by atoms with Crippen LogP contribution in [0.3, 0.4) is 0 Å². The summed E-state index contributed by atoms with van der Waals surface area (Å²) in [7, 11) is 1.74. The number of anilines is 2. The van der Waals surface area contributed by atoms with Gasteiger partial charge in [-0.15, -0.1) is 0 Å². The molecule has 0 spiro atoms. The second-order valence-electron chi connectivity index (χ2n) is 5.95. The first kappa shape index (κ1) is 24.1. The van der Waals surface area contributed by atoms with Crippen LogP contribution in [0.2, 0.25) is 0 Å². The molecule has 158 valence electrons. The third-order valence-electron chi connectivity index (χ3n) is 3.93. The highest BCUT2D eigenvalue weighted by atomic mass is 19.1. The minimum absolute atomic E-state index is 0.0938. The number of carbonyl (C=O) groups excluding carboxylic acids is 1. The van der Waals surface area contributed by atoms with Gasteiger partial charge in [0.2, 0.25) is 0 Å². The van der Waals surface area contributed by atoms with Crippen LogP contribution in [0, 0.1) is 12.7 Å². The smallest absolute Gasteiger partial charge is 0.267 e. The van der Waals surface area contributed by atoms with Crippen LogP contribution in [0.25, 0.3) is 10.9 Å². The number of hydrogen-bond acceptors (Lipinski definition) is 5. The number of nitrogens with one attached hydrogen (secondary N) is 1. The lowest BCUT2D eigenvalue weighted by Crippen LogP contribution is -2.17. The van der Waals surface area contributed by atoms with Gasteiger partial charge in [0.15, 0.2) is 0 Å². The van der Waals surface area contributed by atoms with Crippen molar-refractivity contribution in [1.82, 2.24) is 9.55 Å². The molecule has 0 saturated heterocycles. The Morgan fingerprint density at radius 3 is 2.41 bits per heavy atom. The number of pyridine rings is 1. The lowest BCUT2D eigenvalue weighted by Gasteiger charge is -2.09. The number of nitrogens with two attached hydrogens (primary N) is 1. The van der Waals surface area contributed by atoms with Crippen molar-refractivity contribution < 1.29 is 19.4 Å². The molecule has 3 aromatic rings. The largest absolute Gasteiger partial charge is 0.396 e. The van der Waals surface area contributed by atoms with Crippen LogP contribution in [-0.2, 0) is 7.05 Å². The average Bonchev–Trinajstić information content (AvgIpc) is 2.99. The van der Waals surface area contributed by atoms with Gasteiger partial charge in [-0.3, -0.25) is 9.78 Å². The molecule has 0 aliphatic heterocycles. The van der Waals surface area contributed by atoms with E-state index < -0.39 is 11.7 Å². The van der Waals surface area contributed by atoms with Gasteiger partial charge in [-0.2, -0.15) is 0 Å². The fourth-order valence-electron chi connectivity index (χ4n) is 2.63. The molecule has 8 heteroatoms. The normalized spacial score (nSPS) is 9.90. The zero-order chi connectivity index (χ0) is 22.0. The molecule has 3 rings (SSSR count). The van der Waals surface area contributed by atoms with Crippen molar-refractivity contribution in [3.63, 3.8) is 0 Å². The molecule has 0 saturated carbocycles. The minimum atomic E-state index is -0.589. The van der Waals surface area contributed by atoms with E-state index in [9.17, 15) is 9.18 Å². The number of aliphatic hydroxyl groups is 2. The number of hydrogen-bond donors (Lipinski definition) is 4. The molecule has 7 nitrogen and oxygen atoms in total. The maximum Gasteiger partial charge on any atom is 0.267 e. The molecule has 0 atom stereocenters. The molecule has 1 aromatic carbocycles. The van der Waals surface area contributed by atoms with E-state index in [4.69, 9.17) is 15.9 Å². The van der Waals surface area contributed by atoms with E-state index in [1.165, 1.54) is 6.07 Å². The highest BCUT2D eigenvalue weighted by Crippen LogP contribution is 2.32. The van der Waals surface area contributed by atoms with Gasteiger partial charge in [-0.1, -0.05) is 19.9 Å².